The molecule has 2 aromatic heterocycles. The minimum absolute atomic E-state index is 0.233. The van der Waals surface area contributed by atoms with E-state index in [2.05, 4.69) is 10.3 Å². The molecule has 0 saturated heterocycles. The van der Waals surface area contributed by atoms with Crippen LogP contribution in [0.5, 0.6) is 0 Å². The van der Waals surface area contributed by atoms with Crippen LogP contribution in [-0.2, 0) is 0 Å². The molecule has 1 amide bonds. The van der Waals surface area contributed by atoms with Gasteiger partial charge in [0.2, 0.25) is 0 Å². The number of halogens is 2. The fourth-order valence-corrected chi connectivity index (χ4v) is 3.70. The lowest BCUT2D eigenvalue weighted by molar-refractivity contribution is -0.361. The summed E-state index contributed by atoms with van der Waals surface area (Å²) in [6.07, 6.45) is 1.76. The number of carbonyl (C=O) groups is 1. The van der Waals surface area contributed by atoms with Crippen molar-refractivity contribution in [2.24, 2.45) is 0 Å². The smallest absolute Gasteiger partial charge is 0.247 e. The second-order valence-electron chi connectivity index (χ2n) is 4.57. The summed E-state index contributed by atoms with van der Waals surface area (Å²) >= 11 is 13.6. The number of anilines is 1. The van der Waals surface area contributed by atoms with Crippen molar-refractivity contribution in [1.82, 2.24) is 0 Å². The first kappa shape index (κ1) is 14.3. The molecule has 0 saturated carbocycles. The molecular weight excluding hydrogens is 327 g/mol. The third kappa shape index (κ3) is 2.75. The number of hydrogen-bond donors (Lipinski definition) is 1. The lowest BCUT2D eigenvalue weighted by Gasteiger charge is -1.98. The number of thiophene rings is 1. The van der Waals surface area contributed by atoms with Gasteiger partial charge in [0.25, 0.3) is 5.82 Å². The monoisotopic (exact) mass is 337 g/mol. The van der Waals surface area contributed by atoms with E-state index in [9.17, 15) is 4.79 Å². The molecule has 2 N–H and O–H groups in total. The number of fused-ring (bicyclic) bond motifs is 1. The molecule has 0 radical (unpaired) electrons. The zero-order valence-corrected chi connectivity index (χ0v) is 13.4. The quantitative estimate of drug-likeness (QED) is 0.730. The molecule has 0 bridgehead atoms. The van der Waals surface area contributed by atoms with E-state index in [4.69, 9.17) is 23.2 Å². The van der Waals surface area contributed by atoms with Crippen molar-refractivity contribution < 1.29 is 9.78 Å². The topological polar surface area (TPSA) is 43.2 Å². The van der Waals surface area contributed by atoms with Crippen LogP contribution in [0.25, 0.3) is 10.1 Å². The molecule has 3 rings (SSSR count). The van der Waals surface area contributed by atoms with Crippen LogP contribution in [0.1, 0.15) is 15.2 Å². The summed E-state index contributed by atoms with van der Waals surface area (Å²) in [5, 5.41) is 4.76. The maximum absolute atomic E-state index is 12.4. The molecular formula is C15H11Cl2N2OS+. The molecule has 0 fully saturated rings. The fraction of sp³-hybridized carbons (Fsp3) is 0.0667. The van der Waals surface area contributed by atoms with E-state index in [0.29, 0.717) is 20.7 Å². The molecule has 2 heterocycles. The number of aryl methyl sites for hydroxylation is 1. The highest BCUT2D eigenvalue weighted by Gasteiger charge is 2.22. The van der Waals surface area contributed by atoms with E-state index >= 15 is 0 Å². The van der Waals surface area contributed by atoms with E-state index in [0.717, 1.165) is 15.6 Å². The van der Waals surface area contributed by atoms with Gasteiger partial charge in [-0.2, -0.15) is 0 Å². The number of aromatic amines is 1. The van der Waals surface area contributed by atoms with Gasteiger partial charge in [0.15, 0.2) is 0 Å². The Morgan fingerprint density at radius 1 is 1.29 bits per heavy atom. The van der Waals surface area contributed by atoms with Gasteiger partial charge in [-0.1, -0.05) is 29.3 Å². The predicted molar refractivity (Wildman–Crippen MR) is 87.5 cm³/mol. The van der Waals surface area contributed by atoms with Gasteiger partial charge in [-0.15, -0.1) is 11.3 Å². The molecule has 0 atom stereocenters. The molecule has 21 heavy (non-hydrogen) atoms. The molecule has 0 aliphatic heterocycles. The molecule has 0 aliphatic rings. The number of hydrogen-bond acceptors (Lipinski definition) is 2. The van der Waals surface area contributed by atoms with Crippen molar-refractivity contribution in [3.8, 4) is 0 Å². The van der Waals surface area contributed by atoms with Crippen molar-refractivity contribution in [2.45, 2.75) is 6.92 Å². The van der Waals surface area contributed by atoms with E-state index in [1.165, 1.54) is 11.3 Å². The van der Waals surface area contributed by atoms with Gasteiger partial charge in [-0.3, -0.25) is 0 Å². The molecule has 106 valence electrons. The number of H-pyrrole nitrogens is 1. The first-order chi connectivity index (χ1) is 10.1. The van der Waals surface area contributed by atoms with Crippen molar-refractivity contribution in [2.75, 3.05) is 5.32 Å². The summed E-state index contributed by atoms with van der Waals surface area (Å²) in [5.74, 6) is 0.428. The lowest BCUT2D eigenvalue weighted by Crippen LogP contribution is -2.19. The molecule has 0 unspecified atom stereocenters. The molecule has 3 aromatic rings. The van der Waals surface area contributed by atoms with Crippen LogP contribution in [-0.4, -0.2) is 5.91 Å². The number of carbonyl (C=O) groups excluding carboxylic acids is 1. The summed E-state index contributed by atoms with van der Waals surface area (Å²) in [6.45, 7) is 1.92. The summed E-state index contributed by atoms with van der Waals surface area (Å²) in [7, 11) is 0. The predicted octanol–water partition coefficient (Wildman–Crippen LogP) is 4.58. The molecule has 0 aliphatic carbocycles. The number of aromatic nitrogens is 1. The van der Waals surface area contributed by atoms with Crippen LogP contribution in [0.15, 0.2) is 36.5 Å². The van der Waals surface area contributed by atoms with Crippen molar-refractivity contribution >= 4 is 56.3 Å². The van der Waals surface area contributed by atoms with Crippen molar-refractivity contribution in [3.05, 3.63) is 57.0 Å². The summed E-state index contributed by atoms with van der Waals surface area (Å²) in [4.78, 5) is 15.9. The number of nitrogens with one attached hydrogen (secondary N) is 2. The number of pyridine rings is 1. The minimum atomic E-state index is -0.233. The van der Waals surface area contributed by atoms with Crippen LogP contribution in [0.3, 0.4) is 0 Å². The first-order valence-corrected chi connectivity index (χ1v) is 7.79. The Balaban J connectivity index is 1.98. The third-order valence-corrected chi connectivity index (χ3v) is 4.99. The van der Waals surface area contributed by atoms with Gasteiger partial charge >= 0.3 is 5.91 Å². The van der Waals surface area contributed by atoms with Crippen molar-refractivity contribution in [1.29, 1.82) is 0 Å². The van der Waals surface area contributed by atoms with Crippen LogP contribution in [0.4, 0.5) is 5.82 Å². The lowest BCUT2D eigenvalue weighted by atomic mass is 10.2. The Kier molecular flexibility index (Phi) is 3.85. The van der Waals surface area contributed by atoms with Gasteiger partial charge < -0.3 is 0 Å². The SMILES string of the molecule is Cc1ccc[nH+]c1NC(=O)c1sc2cc(Cl)ccc2c1Cl. The minimum Gasteiger partial charge on any atom is -0.247 e. The highest BCUT2D eigenvalue weighted by Crippen LogP contribution is 2.36. The Labute approximate surface area is 135 Å². The first-order valence-electron chi connectivity index (χ1n) is 6.22. The molecule has 3 nitrogen and oxygen atoms in total. The summed E-state index contributed by atoms with van der Waals surface area (Å²) < 4.78 is 0.895. The Bertz CT molecular complexity index is 845. The second kappa shape index (κ2) is 5.64. The van der Waals surface area contributed by atoms with Gasteiger partial charge in [-0.05, 0) is 31.2 Å². The number of rotatable bonds is 2. The highest BCUT2D eigenvalue weighted by atomic mass is 35.5. The van der Waals surface area contributed by atoms with Crippen LogP contribution in [0.2, 0.25) is 10.0 Å². The van der Waals surface area contributed by atoms with E-state index in [1.807, 2.05) is 31.2 Å². The molecule has 6 heteroatoms. The zero-order valence-electron chi connectivity index (χ0n) is 11.0. The average molecular weight is 338 g/mol. The van der Waals surface area contributed by atoms with E-state index in [1.54, 1.807) is 12.3 Å². The number of benzene rings is 1. The maximum atomic E-state index is 12.4. The van der Waals surface area contributed by atoms with Gasteiger partial charge in [0, 0.05) is 20.7 Å². The normalized spacial score (nSPS) is 10.8. The Hall–Kier alpha value is -1.62. The maximum Gasteiger partial charge on any atom is 0.350 e. The van der Waals surface area contributed by atoms with Gasteiger partial charge in [0.05, 0.1) is 11.2 Å². The standard InChI is InChI=1S/C15H10Cl2N2OS/c1-8-3-2-6-18-14(8)19-15(20)13-12(17)10-5-4-9(16)7-11(10)21-13/h2-7H,1H3,(H,18,19,20)/p+1. The van der Waals surface area contributed by atoms with Gasteiger partial charge in [0.1, 0.15) is 4.88 Å². The largest absolute Gasteiger partial charge is 0.350 e. The average Bonchev–Trinajstić information content (AvgIpc) is 2.78. The fourth-order valence-electron chi connectivity index (χ4n) is 2.01. The Morgan fingerprint density at radius 2 is 2.10 bits per heavy atom. The number of amides is 1. The van der Waals surface area contributed by atoms with Crippen LogP contribution < -0.4 is 10.3 Å². The van der Waals surface area contributed by atoms with Crippen LogP contribution >= 0.6 is 34.5 Å². The van der Waals surface area contributed by atoms with E-state index in [-0.39, 0.29) is 5.91 Å². The third-order valence-electron chi connectivity index (χ3n) is 3.10. The van der Waals surface area contributed by atoms with Crippen LogP contribution in [0, 0.1) is 6.92 Å². The molecule has 1 aromatic carbocycles. The van der Waals surface area contributed by atoms with Gasteiger partial charge in [-0.25, -0.2) is 15.1 Å². The molecule has 0 spiro atoms. The summed E-state index contributed by atoms with van der Waals surface area (Å²) in [6, 6.07) is 9.19. The zero-order chi connectivity index (χ0) is 15.0. The van der Waals surface area contributed by atoms with Crippen molar-refractivity contribution in [3.63, 3.8) is 0 Å². The summed E-state index contributed by atoms with van der Waals surface area (Å²) in [5.41, 5.74) is 0.950. The Morgan fingerprint density at radius 3 is 2.86 bits per heavy atom. The second-order valence-corrected chi connectivity index (χ2v) is 6.43. The van der Waals surface area contributed by atoms with E-state index < -0.39 is 0 Å². The highest BCUT2D eigenvalue weighted by molar-refractivity contribution is 7.21.